The minimum Gasteiger partial charge on any atom is -0.166 e. The highest BCUT2D eigenvalue weighted by atomic mass is 35.6. The van der Waals surface area contributed by atoms with Crippen LogP contribution in [0.4, 0.5) is 13.2 Å². The van der Waals surface area contributed by atoms with Crippen LogP contribution in [-0.2, 0) is 0 Å². The van der Waals surface area contributed by atoms with E-state index in [1.807, 2.05) is 0 Å². The van der Waals surface area contributed by atoms with Crippen LogP contribution in [0.1, 0.15) is 0 Å². The molecule has 0 radical (unpaired) electrons. The molecule has 17 heavy (non-hydrogen) atoms. The Morgan fingerprint density at radius 2 is 0.882 bits per heavy atom. The van der Waals surface area contributed by atoms with Crippen LogP contribution in [-0.4, -0.2) is 24.0 Å². The fourth-order valence-electron chi connectivity index (χ4n) is 0.0758. The maximum absolute atomic E-state index is 11.2. The predicted octanol–water partition coefficient (Wildman–Crippen LogP) is 6.69. The number of rotatable bonds is 1. The third-order valence-electron chi connectivity index (χ3n) is 0.904. The zero-order valence-electron chi connectivity index (χ0n) is 7.24. The molecule has 0 aliphatic heterocycles. The van der Waals surface area contributed by atoms with Crippen molar-refractivity contribution < 1.29 is 13.2 Å². The standard InChI is InChI=1S/C3H2Cl6.C2Cl3F3/c4-1-2(5,6)3(7,8)9;3-1(4,5)2(6,7)8/h1H2;. The monoisotopic (exact) mass is 434 g/mol. The molecule has 0 aromatic rings. The van der Waals surface area contributed by atoms with E-state index in [9.17, 15) is 13.2 Å². The first-order chi connectivity index (χ1) is 7.06. The highest BCUT2D eigenvalue weighted by Crippen LogP contribution is 2.46. The number of hydrogen-bond acceptors (Lipinski definition) is 0. The van der Waals surface area contributed by atoms with Crippen molar-refractivity contribution in [3.05, 3.63) is 0 Å². The quantitative estimate of drug-likeness (QED) is 0.401. The molecule has 0 N–H and O–H groups in total. The van der Waals surface area contributed by atoms with E-state index < -0.39 is 18.1 Å². The Balaban J connectivity index is 0. The van der Waals surface area contributed by atoms with E-state index in [1.165, 1.54) is 0 Å². The molecule has 12 heteroatoms. The Bertz CT molecular complexity index is 212. The zero-order valence-corrected chi connectivity index (χ0v) is 14.0. The topological polar surface area (TPSA) is 0 Å². The van der Waals surface area contributed by atoms with Crippen LogP contribution in [0.25, 0.3) is 0 Å². The third kappa shape index (κ3) is 9.04. The second-order valence-electron chi connectivity index (χ2n) is 2.33. The Morgan fingerprint density at radius 3 is 0.882 bits per heavy atom. The molecule has 0 rings (SSSR count). The summed E-state index contributed by atoms with van der Waals surface area (Å²) in [5, 5.41) is 0. The molecule has 0 atom stereocenters. The van der Waals surface area contributed by atoms with Crippen LogP contribution in [0.15, 0.2) is 0 Å². The van der Waals surface area contributed by atoms with Crippen molar-refractivity contribution >= 4 is 104 Å². The minimum absolute atomic E-state index is 0.132. The smallest absolute Gasteiger partial charge is 0.166 e. The van der Waals surface area contributed by atoms with Gasteiger partial charge in [-0.25, -0.2) is 0 Å². The summed E-state index contributed by atoms with van der Waals surface area (Å²) in [6.07, 6.45) is -4.77. The highest BCUT2D eigenvalue weighted by Gasteiger charge is 2.51. The molecule has 0 aliphatic rings. The van der Waals surface area contributed by atoms with E-state index in [2.05, 4.69) is 34.8 Å². The third-order valence-corrected chi connectivity index (χ3v) is 4.60. The summed E-state index contributed by atoms with van der Waals surface area (Å²) in [5.41, 5.74) is 0. The van der Waals surface area contributed by atoms with Gasteiger partial charge in [0.2, 0.25) is 3.79 Å². The van der Waals surface area contributed by atoms with Gasteiger partial charge in [-0.05, 0) is 0 Å². The van der Waals surface area contributed by atoms with Crippen LogP contribution >= 0.6 is 104 Å². The second kappa shape index (κ2) is 7.42. The Labute approximate surface area is 140 Å². The van der Waals surface area contributed by atoms with Gasteiger partial charge in [-0.2, -0.15) is 13.2 Å². The summed E-state index contributed by atoms with van der Waals surface area (Å²) in [7, 11) is 0. The molecule has 0 unspecified atom stereocenters. The second-order valence-corrected chi connectivity index (χ2v) is 8.64. The molecular formula is C5H2Cl9F3. The van der Waals surface area contributed by atoms with Crippen molar-refractivity contribution in [3.63, 3.8) is 0 Å². The number of alkyl halides is 12. The molecule has 0 heterocycles. The van der Waals surface area contributed by atoms with E-state index in [0.717, 1.165) is 0 Å². The molecular weight excluding hydrogens is 436 g/mol. The van der Waals surface area contributed by atoms with Gasteiger partial charge in [0, 0.05) is 0 Å². The molecule has 0 spiro atoms. The van der Waals surface area contributed by atoms with Crippen molar-refractivity contribution in [2.75, 3.05) is 5.88 Å². The van der Waals surface area contributed by atoms with E-state index in [1.54, 1.807) is 0 Å². The molecule has 0 nitrogen and oxygen atoms in total. The normalized spacial score (nSPS) is 14.1. The summed E-state index contributed by atoms with van der Waals surface area (Å²) in [5.74, 6) is -0.132. The molecule has 0 aromatic carbocycles. The molecule has 0 bridgehead atoms. The van der Waals surface area contributed by atoms with Gasteiger partial charge in [-0.3, -0.25) is 0 Å². The maximum atomic E-state index is 11.2. The Morgan fingerprint density at radius 1 is 0.647 bits per heavy atom. The molecule has 106 valence electrons. The summed E-state index contributed by atoms with van der Waals surface area (Å²) >= 11 is 45.3. The lowest BCUT2D eigenvalue weighted by molar-refractivity contribution is -0.124. The molecule has 0 aromatic heterocycles. The average molecular weight is 438 g/mol. The largest absolute Gasteiger partial charge is 0.435 e. The van der Waals surface area contributed by atoms with Gasteiger partial charge in [-0.1, -0.05) is 92.8 Å². The summed E-state index contributed by atoms with van der Waals surface area (Å²) in [6.45, 7) is 0. The first-order valence-electron chi connectivity index (χ1n) is 3.20. The highest BCUT2D eigenvalue weighted by molar-refractivity contribution is 6.76. The lowest BCUT2D eigenvalue weighted by atomic mass is 10.5. The van der Waals surface area contributed by atoms with Crippen LogP contribution in [0.2, 0.25) is 0 Å². The maximum Gasteiger partial charge on any atom is 0.435 e. The zero-order chi connectivity index (χ0) is 14.7. The van der Waals surface area contributed by atoms with Gasteiger partial charge in [0.1, 0.15) is 0 Å². The van der Waals surface area contributed by atoms with E-state index in [4.69, 9.17) is 69.6 Å². The molecule has 0 saturated heterocycles. The average Bonchev–Trinajstić information content (AvgIpc) is 1.99. The lowest BCUT2D eigenvalue weighted by Crippen LogP contribution is -2.32. The fourth-order valence-corrected chi connectivity index (χ4v) is 0.682. The molecule has 0 fully saturated rings. The first-order valence-corrected chi connectivity index (χ1v) is 6.76. The summed E-state index contributed by atoms with van der Waals surface area (Å²) in [4.78, 5) is 0. The van der Waals surface area contributed by atoms with E-state index in [0.29, 0.717) is 0 Å². The van der Waals surface area contributed by atoms with Gasteiger partial charge in [0.25, 0.3) is 3.79 Å². The van der Waals surface area contributed by atoms with Crippen LogP contribution in [0, 0.1) is 0 Å². The van der Waals surface area contributed by atoms with Gasteiger partial charge in [0.05, 0.1) is 5.88 Å². The Kier molecular flexibility index (Phi) is 9.47. The molecule has 0 amide bonds. The van der Waals surface area contributed by atoms with Crippen LogP contribution < -0.4 is 0 Å². The van der Waals surface area contributed by atoms with Gasteiger partial charge in [-0.15, -0.1) is 11.6 Å². The molecule has 0 saturated carbocycles. The summed E-state index contributed by atoms with van der Waals surface area (Å²) < 4.78 is 27.1. The lowest BCUT2D eigenvalue weighted by Gasteiger charge is -2.24. The van der Waals surface area contributed by atoms with E-state index in [-0.39, 0.29) is 5.88 Å². The fraction of sp³-hybridized carbons (Fsp3) is 1.00. The van der Waals surface area contributed by atoms with Gasteiger partial charge < -0.3 is 0 Å². The van der Waals surface area contributed by atoms with Gasteiger partial charge in [0.15, 0.2) is 4.33 Å². The predicted molar refractivity (Wildman–Crippen MR) is 71.8 cm³/mol. The number of hydrogen-bond donors (Lipinski definition) is 0. The Hall–Kier alpha value is 2.40. The van der Waals surface area contributed by atoms with Crippen molar-refractivity contribution in [1.29, 1.82) is 0 Å². The van der Waals surface area contributed by atoms with Crippen molar-refractivity contribution in [1.82, 2.24) is 0 Å². The van der Waals surface area contributed by atoms with Crippen molar-refractivity contribution in [2.24, 2.45) is 0 Å². The van der Waals surface area contributed by atoms with E-state index >= 15 is 0 Å². The SMILES string of the molecule is ClCC(Cl)(Cl)C(Cl)(Cl)Cl.FC(F)(F)C(Cl)(Cl)Cl. The minimum atomic E-state index is -4.77. The summed E-state index contributed by atoms with van der Waals surface area (Å²) in [6, 6.07) is 0. The van der Waals surface area contributed by atoms with Crippen molar-refractivity contribution in [3.8, 4) is 0 Å². The van der Waals surface area contributed by atoms with Crippen LogP contribution in [0.3, 0.4) is 0 Å². The molecule has 0 aliphatic carbocycles. The van der Waals surface area contributed by atoms with Gasteiger partial charge >= 0.3 is 6.18 Å². The first kappa shape index (κ1) is 21.7. The van der Waals surface area contributed by atoms with Crippen molar-refractivity contribution in [2.45, 2.75) is 18.1 Å². The number of halogens is 12. The van der Waals surface area contributed by atoms with Crippen LogP contribution in [0.5, 0.6) is 0 Å².